The van der Waals surface area contributed by atoms with Gasteiger partial charge in [-0.25, -0.2) is 0 Å². The summed E-state index contributed by atoms with van der Waals surface area (Å²) in [6.07, 6.45) is 1.23. The van der Waals surface area contributed by atoms with Gasteiger partial charge in [-0.1, -0.05) is 0 Å². The van der Waals surface area contributed by atoms with Crippen LogP contribution in [0.4, 0.5) is 0 Å². The molecule has 1 heterocycles. The quantitative estimate of drug-likeness (QED) is 0.725. The van der Waals surface area contributed by atoms with Crippen LogP contribution in [0.5, 0.6) is 0 Å². The van der Waals surface area contributed by atoms with Crippen LogP contribution in [0.15, 0.2) is 22.8 Å². The summed E-state index contributed by atoms with van der Waals surface area (Å²) in [5, 5.41) is 0. The average Bonchev–Trinajstić information content (AvgIpc) is 2.67. The van der Waals surface area contributed by atoms with E-state index in [1.54, 1.807) is 26.0 Å². The highest BCUT2D eigenvalue weighted by Crippen LogP contribution is 2.04. The molecule has 1 amide bonds. The Kier molecular flexibility index (Phi) is 4.10. The van der Waals surface area contributed by atoms with Gasteiger partial charge in [0.15, 0.2) is 5.76 Å². The predicted octanol–water partition coefficient (Wildman–Crippen LogP) is 1.30. The van der Waals surface area contributed by atoms with Gasteiger partial charge in [0.25, 0.3) is 5.91 Å². The highest BCUT2D eigenvalue weighted by molar-refractivity contribution is 5.93. The first kappa shape index (κ1) is 12.3. The summed E-state index contributed by atoms with van der Waals surface area (Å²) < 4.78 is 9.86. The number of hydrogen-bond acceptors (Lipinski definition) is 4. The molecular weight excluding hydrogens is 210 g/mol. The lowest BCUT2D eigenvalue weighted by Gasteiger charge is -2.15. The third kappa shape index (κ3) is 3.42. The molecule has 1 aromatic heterocycles. The molecule has 0 aliphatic heterocycles. The number of carbonyl (C=O) groups is 2. The first-order valence-corrected chi connectivity index (χ1v) is 4.99. The van der Waals surface area contributed by atoms with Gasteiger partial charge >= 0.3 is 5.97 Å². The Morgan fingerprint density at radius 2 is 2.19 bits per heavy atom. The maximum absolute atomic E-state index is 11.7. The molecule has 0 spiro atoms. The van der Waals surface area contributed by atoms with Crippen molar-refractivity contribution in [1.29, 1.82) is 0 Å². The minimum Gasteiger partial charge on any atom is -0.462 e. The molecule has 1 aromatic rings. The number of esters is 1. The summed E-state index contributed by atoms with van der Waals surface area (Å²) in [5.41, 5.74) is 0. The molecule has 0 unspecified atom stereocenters. The van der Waals surface area contributed by atoms with E-state index in [0.29, 0.717) is 0 Å². The summed E-state index contributed by atoms with van der Waals surface area (Å²) in [5.74, 6) is -0.567. The molecule has 0 atom stereocenters. The molecule has 5 nitrogen and oxygen atoms in total. The van der Waals surface area contributed by atoms with Crippen molar-refractivity contribution in [2.24, 2.45) is 0 Å². The summed E-state index contributed by atoms with van der Waals surface area (Å²) in [4.78, 5) is 24.2. The van der Waals surface area contributed by atoms with Crippen molar-refractivity contribution in [3.63, 3.8) is 0 Å². The van der Waals surface area contributed by atoms with E-state index < -0.39 is 5.97 Å². The minimum atomic E-state index is -0.433. The van der Waals surface area contributed by atoms with Crippen LogP contribution in [0.1, 0.15) is 24.4 Å². The van der Waals surface area contributed by atoms with E-state index in [1.807, 2.05) is 0 Å². The van der Waals surface area contributed by atoms with Crippen LogP contribution >= 0.6 is 0 Å². The Hall–Kier alpha value is -1.78. The van der Waals surface area contributed by atoms with Crippen molar-refractivity contribution in [2.45, 2.75) is 20.0 Å². The molecule has 0 radical (unpaired) electrons. The van der Waals surface area contributed by atoms with Gasteiger partial charge in [-0.05, 0) is 26.0 Å². The Morgan fingerprint density at radius 1 is 1.50 bits per heavy atom. The van der Waals surface area contributed by atoms with Gasteiger partial charge in [-0.2, -0.15) is 0 Å². The zero-order chi connectivity index (χ0) is 12.1. The van der Waals surface area contributed by atoms with E-state index in [0.717, 1.165) is 0 Å². The SMILES string of the molecule is CC(C)OC(=O)CN(C)C(=O)c1ccco1. The molecule has 0 bridgehead atoms. The Bertz CT molecular complexity index is 356. The number of carbonyl (C=O) groups excluding carboxylic acids is 2. The highest BCUT2D eigenvalue weighted by Gasteiger charge is 2.18. The smallest absolute Gasteiger partial charge is 0.325 e. The van der Waals surface area contributed by atoms with Crippen molar-refractivity contribution in [1.82, 2.24) is 4.90 Å². The summed E-state index contributed by atoms with van der Waals surface area (Å²) in [6, 6.07) is 3.17. The fraction of sp³-hybridized carbons (Fsp3) is 0.455. The Balaban J connectivity index is 2.49. The van der Waals surface area contributed by atoms with Crippen molar-refractivity contribution in [3.8, 4) is 0 Å². The van der Waals surface area contributed by atoms with Gasteiger partial charge in [0, 0.05) is 7.05 Å². The fourth-order valence-electron chi connectivity index (χ4n) is 1.15. The number of ether oxygens (including phenoxy) is 1. The molecule has 16 heavy (non-hydrogen) atoms. The first-order valence-electron chi connectivity index (χ1n) is 4.99. The van der Waals surface area contributed by atoms with Crippen LogP contribution in [-0.4, -0.2) is 36.5 Å². The number of likely N-dealkylation sites (N-methyl/N-ethyl adjacent to an activating group) is 1. The molecule has 0 fully saturated rings. The molecule has 0 aliphatic carbocycles. The number of hydrogen-bond donors (Lipinski definition) is 0. The van der Waals surface area contributed by atoms with E-state index >= 15 is 0 Å². The molecule has 1 rings (SSSR count). The Morgan fingerprint density at radius 3 is 2.69 bits per heavy atom. The van der Waals surface area contributed by atoms with Crippen molar-refractivity contribution < 1.29 is 18.7 Å². The standard InChI is InChI=1S/C11H15NO4/c1-8(2)16-10(13)7-12(3)11(14)9-5-4-6-15-9/h4-6,8H,7H2,1-3H3. The third-order valence-electron chi connectivity index (χ3n) is 1.81. The van der Waals surface area contributed by atoms with Crippen LogP contribution in [0.25, 0.3) is 0 Å². The van der Waals surface area contributed by atoms with E-state index in [4.69, 9.17) is 9.15 Å². The second-order valence-corrected chi connectivity index (χ2v) is 3.68. The monoisotopic (exact) mass is 225 g/mol. The minimum absolute atomic E-state index is 0.0856. The Labute approximate surface area is 94.0 Å². The average molecular weight is 225 g/mol. The van der Waals surface area contributed by atoms with E-state index in [1.165, 1.54) is 18.2 Å². The zero-order valence-electron chi connectivity index (χ0n) is 9.60. The van der Waals surface area contributed by atoms with Gasteiger partial charge in [-0.15, -0.1) is 0 Å². The second-order valence-electron chi connectivity index (χ2n) is 3.68. The molecule has 0 N–H and O–H groups in total. The maximum Gasteiger partial charge on any atom is 0.325 e. The van der Waals surface area contributed by atoms with E-state index in [2.05, 4.69) is 0 Å². The molecular formula is C11H15NO4. The largest absolute Gasteiger partial charge is 0.462 e. The summed E-state index contributed by atoms with van der Waals surface area (Å²) in [7, 11) is 1.52. The molecule has 5 heteroatoms. The lowest BCUT2D eigenvalue weighted by atomic mass is 10.4. The molecule has 0 aromatic carbocycles. The summed E-state index contributed by atoms with van der Waals surface area (Å²) in [6.45, 7) is 3.43. The molecule has 0 saturated heterocycles. The van der Waals surface area contributed by atoms with Gasteiger partial charge in [-0.3, -0.25) is 9.59 Å². The van der Waals surface area contributed by atoms with Crippen LogP contribution in [-0.2, 0) is 9.53 Å². The molecule has 0 aliphatic rings. The van der Waals surface area contributed by atoms with Crippen molar-refractivity contribution in [3.05, 3.63) is 24.2 Å². The van der Waals surface area contributed by atoms with Gasteiger partial charge in [0.1, 0.15) is 6.54 Å². The molecule has 88 valence electrons. The van der Waals surface area contributed by atoms with E-state index in [9.17, 15) is 9.59 Å². The first-order chi connectivity index (χ1) is 7.50. The van der Waals surface area contributed by atoms with Gasteiger partial charge in [0.2, 0.25) is 0 Å². The summed E-state index contributed by atoms with van der Waals surface area (Å²) >= 11 is 0. The number of nitrogens with zero attached hydrogens (tertiary/aromatic N) is 1. The lowest BCUT2D eigenvalue weighted by molar-refractivity contribution is -0.147. The zero-order valence-corrected chi connectivity index (χ0v) is 9.60. The maximum atomic E-state index is 11.7. The molecule has 0 saturated carbocycles. The van der Waals surface area contributed by atoms with Crippen LogP contribution in [0.2, 0.25) is 0 Å². The highest BCUT2D eigenvalue weighted by atomic mass is 16.5. The van der Waals surface area contributed by atoms with Crippen LogP contribution in [0.3, 0.4) is 0 Å². The third-order valence-corrected chi connectivity index (χ3v) is 1.81. The van der Waals surface area contributed by atoms with Gasteiger partial charge < -0.3 is 14.1 Å². The normalized spacial score (nSPS) is 10.2. The number of furan rings is 1. The van der Waals surface area contributed by atoms with Crippen LogP contribution in [0, 0.1) is 0 Å². The topological polar surface area (TPSA) is 59.8 Å². The number of amides is 1. The van der Waals surface area contributed by atoms with E-state index in [-0.39, 0.29) is 24.3 Å². The van der Waals surface area contributed by atoms with Crippen molar-refractivity contribution >= 4 is 11.9 Å². The predicted molar refractivity (Wildman–Crippen MR) is 56.9 cm³/mol. The van der Waals surface area contributed by atoms with Crippen LogP contribution < -0.4 is 0 Å². The van der Waals surface area contributed by atoms with Gasteiger partial charge in [0.05, 0.1) is 12.4 Å². The fourth-order valence-corrected chi connectivity index (χ4v) is 1.15. The second kappa shape index (κ2) is 5.34. The lowest BCUT2D eigenvalue weighted by Crippen LogP contribution is -2.33. The number of rotatable bonds is 4. The van der Waals surface area contributed by atoms with Crippen molar-refractivity contribution in [2.75, 3.05) is 13.6 Å².